The third-order valence-electron chi connectivity index (χ3n) is 4.59. The number of nitrogens with two attached hydrogens (primary N) is 1. The summed E-state index contributed by atoms with van der Waals surface area (Å²) in [6.45, 7) is 0.106. The van der Waals surface area contributed by atoms with Crippen LogP contribution in [0.4, 0.5) is 5.69 Å². The maximum Gasteiger partial charge on any atom is 0.193 e. The van der Waals surface area contributed by atoms with Gasteiger partial charge in [-0.3, -0.25) is 0 Å². The van der Waals surface area contributed by atoms with Crippen LogP contribution < -0.4 is 15.8 Å². The van der Waals surface area contributed by atoms with Gasteiger partial charge in [-0.25, -0.2) is 4.99 Å². The Labute approximate surface area is 175 Å². The second-order valence-corrected chi connectivity index (χ2v) is 7.14. The Morgan fingerprint density at radius 2 is 1.72 bits per heavy atom. The van der Waals surface area contributed by atoms with Crippen molar-refractivity contribution >= 4 is 23.2 Å². The van der Waals surface area contributed by atoms with Crippen LogP contribution >= 0.6 is 11.6 Å². The lowest BCUT2D eigenvalue weighted by molar-refractivity contribution is 0.0468. The Morgan fingerprint density at radius 1 is 1.07 bits per heavy atom. The molecule has 0 radical (unpaired) electrons. The van der Waals surface area contributed by atoms with E-state index in [0.29, 0.717) is 22.9 Å². The van der Waals surface area contributed by atoms with Gasteiger partial charge >= 0.3 is 0 Å². The number of benzene rings is 3. The highest BCUT2D eigenvalue weighted by molar-refractivity contribution is 6.32. The van der Waals surface area contributed by atoms with Crippen molar-refractivity contribution < 1.29 is 9.84 Å². The Bertz CT molecular complexity index is 964. The molecule has 3 aromatic rings. The average molecular weight is 410 g/mol. The molecule has 0 fully saturated rings. The van der Waals surface area contributed by atoms with E-state index in [0.717, 1.165) is 11.1 Å². The molecule has 0 aliphatic heterocycles. The van der Waals surface area contributed by atoms with E-state index < -0.39 is 5.60 Å². The first-order chi connectivity index (χ1) is 14.0. The molecule has 4 N–H and O–H groups in total. The van der Waals surface area contributed by atoms with E-state index in [9.17, 15) is 5.11 Å². The second kappa shape index (κ2) is 9.45. The standard InChI is InChI=1S/C23H24ClN3O2/c1-29-21-13-12-19(14-20(21)24)27-22(25)26-16-23(28,18-10-6-3-7-11-18)15-17-8-4-2-5-9-17/h2-14,28H,15-16H2,1H3,(H3,25,26,27). The van der Waals surface area contributed by atoms with Gasteiger partial charge in [0.1, 0.15) is 11.4 Å². The van der Waals surface area contributed by atoms with Gasteiger partial charge in [0.15, 0.2) is 5.96 Å². The van der Waals surface area contributed by atoms with Crippen molar-refractivity contribution in [1.82, 2.24) is 0 Å². The molecule has 3 aromatic carbocycles. The summed E-state index contributed by atoms with van der Waals surface area (Å²) in [5.41, 5.74) is 7.36. The van der Waals surface area contributed by atoms with E-state index in [1.807, 2.05) is 60.7 Å². The topological polar surface area (TPSA) is 79.9 Å². The average Bonchev–Trinajstić information content (AvgIpc) is 2.74. The van der Waals surface area contributed by atoms with E-state index in [1.54, 1.807) is 25.3 Å². The lowest BCUT2D eigenvalue weighted by atomic mass is 9.87. The fourth-order valence-electron chi connectivity index (χ4n) is 3.08. The largest absolute Gasteiger partial charge is 0.495 e. The fraction of sp³-hybridized carbons (Fsp3) is 0.174. The minimum Gasteiger partial charge on any atom is -0.495 e. The molecular weight excluding hydrogens is 386 g/mol. The van der Waals surface area contributed by atoms with Gasteiger partial charge in [0.2, 0.25) is 0 Å². The summed E-state index contributed by atoms with van der Waals surface area (Å²) in [6.07, 6.45) is 0.420. The third kappa shape index (κ3) is 5.50. The van der Waals surface area contributed by atoms with Crippen LogP contribution in [0.2, 0.25) is 5.02 Å². The van der Waals surface area contributed by atoms with Crippen molar-refractivity contribution in [2.24, 2.45) is 10.7 Å². The number of aliphatic hydroxyl groups is 1. The van der Waals surface area contributed by atoms with Crippen molar-refractivity contribution in [3.8, 4) is 5.75 Å². The van der Waals surface area contributed by atoms with Gasteiger partial charge in [-0.15, -0.1) is 0 Å². The number of halogens is 1. The summed E-state index contributed by atoms with van der Waals surface area (Å²) in [7, 11) is 1.56. The molecule has 0 amide bonds. The summed E-state index contributed by atoms with van der Waals surface area (Å²) in [5.74, 6) is 0.766. The van der Waals surface area contributed by atoms with Gasteiger partial charge < -0.3 is 20.9 Å². The number of rotatable bonds is 7. The highest BCUT2D eigenvalue weighted by Crippen LogP contribution is 2.28. The third-order valence-corrected chi connectivity index (χ3v) is 4.88. The summed E-state index contributed by atoms with van der Waals surface area (Å²) in [5, 5.41) is 14.9. The molecule has 6 heteroatoms. The molecule has 0 aromatic heterocycles. The fourth-order valence-corrected chi connectivity index (χ4v) is 3.34. The highest BCUT2D eigenvalue weighted by atomic mass is 35.5. The summed E-state index contributed by atoms with van der Waals surface area (Å²) in [6, 6.07) is 24.6. The number of guanidine groups is 1. The van der Waals surface area contributed by atoms with Crippen LogP contribution in [0.25, 0.3) is 0 Å². The summed E-state index contributed by atoms with van der Waals surface area (Å²) >= 11 is 6.15. The first-order valence-corrected chi connectivity index (χ1v) is 9.60. The SMILES string of the molecule is COc1ccc(NC(N)=NCC(O)(Cc2ccccc2)c2ccccc2)cc1Cl. The minimum absolute atomic E-state index is 0.106. The maximum atomic E-state index is 11.4. The van der Waals surface area contributed by atoms with Gasteiger partial charge in [-0.05, 0) is 29.3 Å². The van der Waals surface area contributed by atoms with E-state index in [-0.39, 0.29) is 12.5 Å². The summed E-state index contributed by atoms with van der Waals surface area (Å²) in [4.78, 5) is 4.40. The molecule has 0 aliphatic carbocycles. The number of nitrogens with one attached hydrogen (secondary N) is 1. The van der Waals surface area contributed by atoms with Crippen LogP contribution in [0, 0.1) is 0 Å². The molecule has 0 heterocycles. The number of aliphatic imine (C=N–C) groups is 1. The van der Waals surface area contributed by atoms with Gasteiger partial charge in [0, 0.05) is 12.1 Å². The Kier molecular flexibility index (Phi) is 6.75. The van der Waals surface area contributed by atoms with Crippen molar-refractivity contribution in [2.45, 2.75) is 12.0 Å². The van der Waals surface area contributed by atoms with E-state index in [4.69, 9.17) is 22.1 Å². The molecule has 0 aliphatic rings. The Morgan fingerprint density at radius 3 is 2.34 bits per heavy atom. The van der Waals surface area contributed by atoms with Gasteiger partial charge in [0.25, 0.3) is 0 Å². The molecular formula is C23H24ClN3O2. The number of ether oxygens (including phenoxy) is 1. The van der Waals surface area contributed by atoms with Crippen molar-refractivity contribution in [3.05, 3.63) is 95.0 Å². The van der Waals surface area contributed by atoms with Crippen molar-refractivity contribution in [3.63, 3.8) is 0 Å². The van der Waals surface area contributed by atoms with Crippen LogP contribution in [0.1, 0.15) is 11.1 Å². The zero-order valence-corrected chi connectivity index (χ0v) is 16.9. The van der Waals surface area contributed by atoms with Gasteiger partial charge in [-0.1, -0.05) is 72.3 Å². The first-order valence-electron chi connectivity index (χ1n) is 9.22. The molecule has 150 valence electrons. The molecule has 0 bridgehead atoms. The van der Waals surface area contributed by atoms with Crippen LogP contribution in [-0.2, 0) is 12.0 Å². The molecule has 3 rings (SSSR count). The molecule has 0 saturated carbocycles. The van der Waals surface area contributed by atoms with Gasteiger partial charge in [-0.2, -0.15) is 0 Å². The first kappa shape index (κ1) is 20.7. The molecule has 1 atom stereocenters. The lowest BCUT2D eigenvalue weighted by Gasteiger charge is -2.27. The van der Waals surface area contributed by atoms with Crippen LogP contribution in [-0.4, -0.2) is 24.7 Å². The lowest BCUT2D eigenvalue weighted by Crippen LogP contribution is -2.34. The quantitative estimate of drug-likeness (QED) is 0.403. The smallest absolute Gasteiger partial charge is 0.193 e. The maximum absolute atomic E-state index is 11.4. The summed E-state index contributed by atoms with van der Waals surface area (Å²) < 4.78 is 5.15. The minimum atomic E-state index is -1.19. The number of anilines is 1. The Hall–Kier alpha value is -3.02. The molecule has 0 saturated heterocycles. The normalized spacial score (nSPS) is 13.6. The number of hydrogen-bond acceptors (Lipinski definition) is 3. The molecule has 0 spiro atoms. The number of nitrogens with zero attached hydrogens (tertiary/aromatic N) is 1. The Balaban J connectivity index is 1.79. The number of methoxy groups -OCH3 is 1. The second-order valence-electron chi connectivity index (χ2n) is 6.74. The predicted molar refractivity (Wildman–Crippen MR) is 119 cm³/mol. The van der Waals surface area contributed by atoms with E-state index >= 15 is 0 Å². The van der Waals surface area contributed by atoms with Gasteiger partial charge in [0.05, 0.1) is 18.7 Å². The molecule has 29 heavy (non-hydrogen) atoms. The zero-order chi connectivity index (χ0) is 20.7. The monoisotopic (exact) mass is 409 g/mol. The number of hydrogen-bond donors (Lipinski definition) is 3. The molecule has 5 nitrogen and oxygen atoms in total. The van der Waals surface area contributed by atoms with Crippen molar-refractivity contribution in [1.29, 1.82) is 0 Å². The highest BCUT2D eigenvalue weighted by Gasteiger charge is 2.29. The van der Waals surface area contributed by atoms with Crippen molar-refractivity contribution in [2.75, 3.05) is 19.0 Å². The zero-order valence-electron chi connectivity index (χ0n) is 16.2. The van der Waals surface area contributed by atoms with Crippen LogP contribution in [0.15, 0.2) is 83.9 Å². The van der Waals surface area contributed by atoms with Crippen LogP contribution in [0.5, 0.6) is 5.75 Å². The molecule has 1 unspecified atom stereocenters. The van der Waals surface area contributed by atoms with E-state index in [1.165, 1.54) is 0 Å². The van der Waals surface area contributed by atoms with Crippen LogP contribution in [0.3, 0.4) is 0 Å². The van der Waals surface area contributed by atoms with E-state index in [2.05, 4.69) is 10.3 Å². The predicted octanol–water partition coefficient (Wildman–Crippen LogP) is 4.21.